The van der Waals surface area contributed by atoms with E-state index in [1.165, 1.54) is 0 Å². The van der Waals surface area contributed by atoms with Crippen molar-refractivity contribution in [1.29, 1.82) is 0 Å². The molecule has 0 atom stereocenters. The lowest BCUT2D eigenvalue weighted by molar-refractivity contribution is -0.215. The maximum absolute atomic E-state index is 11.3. The van der Waals surface area contributed by atoms with Crippen molar-refractivity contribution < 1.29 is 14.6 Å². The number of benzene rings is 1. The van der Waals surface area contributed by atoms with Crippen molar-refractivity contribution in [3.05, 3.63) is 30.3 Å². The number of para-hydroxylation sites is 1. The van der Waals surface area contributed by atoms with Gasteiger partial charge in [0.05, 0.1) is 6.42 Å². The van der Waals surface area contributed by atoms with Crippen LogP contribution in [0, 0.1) is 5.41 Å². The van der Waals surface area contributed by atoms with Crippen LogP contribution in [0.4, 0.5) is 0 Å². The molecule has 1 aromatic carbocycles. The first kappa shape index (κ1) is 11.6. The first-order valence-electron chi connectivity index (χ1n) is 4.90. The molecule has 0 radical (unpaired) electrons. The van der Waals surface area contributed by atoms with Gasteiger partial charge in [0.2, 0.25) is 0 Å². The van der Waals surface area contributed by atoms with Crippen LogP contribution in [0.25, 0.3) is 0 Å². The van der Waals surface area contributed by atoms with E-state index < -0.39 is 0 Å². The number of carbonyl (C=O) groups excluding carboxylic acids is 1. The Bertz CT molecular complexity index is 311. The van der Waals surface area contributed by atoms with Crippen LogP contribution in [0.15, 0.2) is 30.3 Å². The van der Waals surface area contributed by atoms with Crippen LogP contribution in [-0.4, -0.2) is 5.97 Å². The zero-order valence-electron chi connectivity index (χ0n) is 9.32. The molecule has 0 aromatic heterocycles. The molecule has 0 saturated carbocycles. The molecule has 1 rings (SSSR count). The van der Waals surface area contributed by atoms with Gasteiger partial charge < -0.3 is 0 Å². The van der Waals surface area contributed by atoms with Gasteiger partial charge in [-0.1, -0.05) is 39.0 Å². The van der Waals surface area contributed by atoms with Crippen molar-refractivity contribution in [3.8, 4) is 5.75 Å². The SMILES string of the molecule is CC(C)(C)CC(=O)OOc1ccccc1. The largest absolute Gasteiger partial charge is 0.355 e. The summed E-state index contributed by atoms with van der Waals surface area (Å²) in [4.78, 5) is 20.8. The summed E-state index contributed by atoms with van der Waals surface area (Å²) in [6, 6.07) is 8.94. The highest BCUT2D eigenvalue weighted by Crippen LogP contribution is 2.19. The molecule has 0 bridgehead atoms. The highest BCUT2D eigenvalue weighted by atomic mass is 17.2. The van der Waals surface area contributed by atoms with Gasteiger partial charge >= 0.3 is 5.97 Å². The lowest BCUT2D eigenvalue weighted by atomic mass is 9.93. The molecule has 0 heterocycles. The monoisotopic (exact) mass is 208 g/mol. The van der Waals surface area contributed by atoms with Gasteiger partial charge in [0, 0.05) is 0 Å². The third kappa shape index (κ3) is 5.05. The summed E-state index contributed by atoms with van der Waals surface area (Å²) < 4.78 is 0. The fourth-order valence-corrected chi connectivity index (χ4v) is 1.03. The summed E-state index contributed by atoms with van der Waals surface area (Å²) in [5, 5.41) is 0. The molecule has 0 N–H and O–H groups in total. The van der Waals surface area contributed by atoms with Gasteiger partial charge in [-0.25, -0.2) is 4.79 Å². The Morgan fingerprint density at radius 1 is 1.20 bits per heavy atom. The average molecular weight is 208 g/mol. The van der Waals surface area contributed by atoms with Crippen molar-refractivity contribution in [2.75, 3.05) is 0 Å². The normalized spacial score (nSPS) is 10.9. The second-order valence-corrected chi connectivity index (χ2v) is 4.59. The lowest BCUT2D eigenvalue weighted by Gasteiger charge is -2.15. The Morgan fingerprint density at radius 2 is 1.80 bits per heavy atom. The number of rotatable bonds is 3. The van der Waals surface area contributed by atoms with Crippen LogP contribution < -0.4 is 4.89 Å². The van der Waals surface area contributed by atoms with Crippen LogP contribution in [0.3, 0.4) is 0 Å². The van der Waals surface area contributed by atoms with Crippen molar-refractivity contribution in [2.45, 2.75) is 27.2 Å². The van der Waals surface area contributed by atoms with Crippen molar-refractivity contribution >= 4 is 5.97 Å². The van der Waals surface area contributed by atoms with Gasteiger partial charge in [0.25, 0.3) is 0 Å². The zero-order valence-corrected chi connectivity index (χ0v) is 9.32. The molecule has 15 heavy (non-hydrogen) atoms. The molecule has 0 fully saturated rings. The van der Waals surface area contributed by atoms with Crippen molar-refractivity contribution in [1.82, 2.24) is 0 Å². The molecule has 3 heteroatoms. The van der Waals surface area contributed by atoms with Crippen LogP contribution in [0.2, 0.25) is 0 Å². The van der Waals surface area contributed by atoms with Gasteiger partial charge in [-0.3, -0.25) is 9.78 Å². The highest BCUT2D eigenvalue weighted by Gasteiger charge is 2.18. The first-order valence-corrected chi connectivity index (χ1v) is 4.90. The fourth-order valence-electron chi connectivity index (χ4n) is 1.03. The third-order valence-electron chi connectivity index (χ3n) is 1.65. The van der Waals surface area contributed by atoms with E-state index in [4.69, 9.17) is 4.89 Å². The summed E-state index contributed by atoms with van der Waals surface area (Å²) in [5.74, 6) is 0.172. The molecule has 3 nitrogen and oxygen atoms in total. The quantitative estimate of drug-likeness (QED) is 0.566. The molecular weight excluding hydrogens is 192 g/mol. The topological polar surface area (TPSA) is 35.5 Å². The van der Waals surface area contributed by atoms with E-state index in [1.54, 1.807) is 12.1 Å². The minimum absolute atomic E-state index is 0.0862. The number of carbonyl (C=O) groups is 1. The van der Waals surface area contributed by atoms with Crippen LogP contribution in [0.5, 0.6) is 5.75 Å². The zero-order chi connectivity index (χ0) is 11.3. The molecule has 82 valence electrons. The smallest absolute Gasteiger partial charge is 0.287 e. The number of hydrogen-bond donors (Lipinski definition) is 0. The van der Waals surface area contributed by atoms with E-state index in [-0.39, 0.29) is 11.4 Å². The van der Waals surface area contributed by atoms with Gasteiger partial charge in [-0.15, -0.1) is 0 Å². The summed E-state index contributed by atoms with van der Waals surface area (Å²) in [7, 11) is 0. The first-order chi connectivity index (χ1) is 6.97. The van der Waals surface area contributed by atoms with Gasteiger partial charge in [-0.05, 0) is 17.5 Å². The van der Waals surface area contributed by atoms with Crippen LogP contribution >= 0.6 is 0 Å². The second kappa shape index (κ2) is 4.82. The maximum Gasteiger partial charge on any atom is 0.355 e. The van der Waals surface area contributed by atoms with Gasteiger partial charge in [-0.2, -0.15) is 0 Å². The maximum atomic E-state index is 11.3. The van der Waals surface area contributed by atoms with E-state index >= 15 is 0 Å². The number of hydrogen-bond acceptors (Lipinski definition) is 3. The van der Waals surface area contributed by atoms with Gasteiger partial charge in [0.1, 0.15) is 0 Å². The van der Waals surface area contributed by atoms with Crippen molar-refractivity contribution in [2.24, 2.45) is 5.41 Å². The standard InChI is InChI=1S/C12H16O3/c1-12(2,3)9-11(13)15-14-10-7-5-4-6-8-10/h4-8H,9H2,1-3H3. The van der Waals surface area contributed by atoms with E-state index in [0.717, 1.165) is 0 Å². The fraction of sp³-hybridized carbons (Fsp3) is 0.417. The Balaban J connectivity index is 2.35. The summed E-state index contributed by atoms with van der Waals surface area (Å²) in [6.45, 7) is 5.91. The average Bonchev–Trinajstić information content (AvgIpc) is 2.14. The second-order valence-electron chi connectivity index (χ2n) is 4.59. The molecular formula is C12H16O3. The van der Waals surface area contributed by atoms with Crippen molar-refractivity contribution in [3.63, 3.8) is 0 Å². The van der Waals surface area contributed by atoms with Crippen LogP contribution in [-0.2, 0) is 9.68 Å². The molecule has 0 spiro atoms. The Morgan fingerprint density at radius 3 is 2.33 bits per heavy atom. The third-order valence-corrected chi connectivity index (χ3v) is 1.65. The predicted molar refractivity (Wildman–Crippen MR) is 57.2 cm³/mol. The van der Waals surface area contributed by atoms with Gasteiger partial charge in [0.15, 0.2) is 5.75 Å². The van der Waals surface area contributed by atoms with E-state index in [0.29, 0.717) is 12.2 Å². The summed E-state index contributed by atoms with van der Waals surface area (Å²) in [5.41, 5.74) is -0.0862. The molecule has 0 aliphatic carbocycles. The Hall–Kier alpha value is -1.51. The Labute approximate surface area is 89.9 Å². The molecule has 1 aromatic rings. The predicted octanol–water partition coefficient (Wildman–Crippen LogP) is 2.96. The van der Waals surface area contributed by atoms with E-state index in [1.807, 2.05) is 39.0 Å². The molecule has 0 aliphatic heterocycles. The lowest BCUT2D eigenvalue weighted by Crippen LogP contribution is -2.16. The summed E-state index contributed by atoms with van der Waals surface area (Å²) in [6.07, 6.45) is 0.333. The van der Waals surface area contributed by atoms with E-state index in [2.05, 4.69) is 4.89 Å². The highest BCUT2D eigenvalue weighted by molar-refractivity contribution is 5.69. The minimum atomic E-state index is -0.355. The minimum Gasteiger partial charge on any atom is -0.287 e. The van der Waals surface area contributed by atoms with Crippen LogP contribution in [0.1, 0.15) is 27.2 Å². The molecule has 0 saturated heterocycles. The molecule has 0 amide bonds. The molecule has 0 unspecified atom stereocenters. The molecule has 0 aliphatic rings. The van der Waals surface area contributed by atoms with E-state index in [9.17, 15) is 4.79 Å². The summed E-state index contributed by atoms with van der Waals surface area (Å²) >= 11 is 0. The Kier molecular flexibility index (Phi) is 3.72.